The van der Waals surface area contributed by atoms with E-state index in [0.29, 0.717) is 33.7 Å². The Morgan fingerprint density at radius 2 is 2.00 bits per heavy atom. The van der Waals surface area contributed by atoms with E-state index in [9.17, 15) is 9.59 Å². The fourth-order valence-corrected chi connectivity index (χ4v) is 4.72. The zero-order valence-corrected chi connectivity index (χ0v) is 22.5. The number of amides is 1. The number of nitrogens with two attached hydrogens (primary N) is 1. The minimum absolute atomic E-state index is 0.0265. The molecule has 11 heteroatoms. The molecule has 0 fully saturated rings. The van der Waals surface area contributed by atoms with Crippen LogP contribution >= 0.6 is 11.3 Å². The summed E-state index contributed by atoms with van der Waals surface area (Å²) in [7, 11) is 1.64. The smallest absolute Gasteiger partial charge is 0.267 e. The molecule has 0 bridgehead atoms. The molecule has 0 radical (unpaired) electrons. The number of carbonyl (C=O) groups excluding carboxylic acids is 1. The summed E-state index contributed by atoms with van der Waals surface area (Å²) < 4.78 is 2.90. The predicted octanol–water partition coefficient (Wildman–Crippen LogP) is 3.94. The molecule has 1 atom stereocenters. The number of thiazole rings is 1. The Morgan fingerprint density at radius 3 is 2.73 bits per heavy atom. The average Bonchev–Trinajstić information content (AvgIpc) is 3.57. The van der Waals surface area contributed by atoms with Crippen LogP contribution in [0.1, 0.15) is 40.4 Å². The minimum Gasteiger partial charge on any atom is -0.381 e. The lowest BCUT2D eigenvalue weighted by Crippen LogP contribution is -2.33. The van der Waals surface area contributed by atoms with Crippen molar-refractivity contribution in [1.82, 2.24) is 29.6 Å². The number of nitrogen functional groups attached to an aromatic ring is 1. The van der Waals surface area contributed by atoms with Crippen molar-refractivity contribution < 1.29 is 4.79 Å². The van der Waals surface area contributed by atoms with Gasteiger partial charge in [-0.05, 0) is 37.1 Å². The number of allylic oxidation sites excluding steroid dienone is 1. The van der Waals surface area contributed by atoms with E-state index in [2.05, 4.69) is 38.8 Å². The number of hydrogen-bond acceptors (Lipinski definition) is 8. The molecule has 0 aliphatic rings. The molecular weight excluding hydrogens is 524 g/mol. The zero-order valence-electron chi connectivity index (χ0n) is 21.7. The fourth-order valence-electron chi connectivity index (χ4n) is 4.23. The number of hydrogen-bond donors (Lipinski definition) is 2. The minimum atomic E-state index is -0.703. The predicted molar refractivity (Wildman–Crippen MR) is 157 cm³/mol. The summed E-state index contributed by atoms with van der Waals surface area (Å²) in [6, 6.07) is 13.7. The molecule has 2 aromatic carbocycles. The van der Waals surface area contributed by atoms with E-state index < -0.39 is 11.9 Å². The number of nitrogens with zero attached hydrogens (tertiary/aromatic N) is 6. The third-order valence-electron chi connectivity index (χ3n) is 6.00. The first kappa shape index (κ1) is 26.3. The Labute approximate surface area is 233 Å². The number of rotatable bonds is 6. The molecule has 3 N–H and O–H groups in total. The number of benzene rings is 2. The van der Waals surface area contributed by atoms with Crippen LogP contribution in [0.2, 0.25) is 0 Å². The van der Waals surface area contributed by atoms with Crippen LogP contribution in [-0.2, 0) is 7.05 Å². The fraction of sp³-hybridized carbons (Fsp3) is 0.103. The molecule has 0 aliphatic heterocycles. The molecule has 5 aromatic rings. The first-order chi connectivity index (χ1) is 19.4. The highest BCUT2D eigenvalue weighted by atomic mass is 32.1. The molecule has 1 unspecified atom stereocenters. The third-order valence-corrected chi connectivity index (χ3v) is 6.59. The number of fused-ring (bicyclic) bond motifs is 1. The molecule has 0 saturated carbocycles. The van der Waals surface area contributed by atoms with E-state index >= 15 is 0 Å². The maximum atomic E-state index is 14.1. The highest BCUT2D eigenvalue weighted by Crippen LogP contribution is 2.26. The lowest BCUT2D eigenvalue weighted by Gasteiger charge is -2.20. The Balaban J connectivity index is 1.63. The number of anilines is 1. The summed E-state index contributed by atoms with van der Waals surface area (Å²) in [6.07, 6.45) is 2.93. The summed E-state index contributed by atoms with van der Waals surface area (Å²) >= 11 is 1.44. The number of para-hydroxylation sites is 1. The lowest BCUT2D eigenvalue weighted by molar-refractivity contribution is 0.0939. The van der Waals surface area contributed by atoms with E-state index in [-0.39, 0.29) is 22.8 Å². The van der Waals surface area contributed by atoms with Gasteiger partial charge in [-0.1, -0.05) is 42.8 Å². The quantitative estimate of drug-likeness (QED) is 0.244. The van der Waals surface area contributed by atoms with Crippen molar-refractivity contribution in [3.63, 3.8) is 0 Å². The largest absolute Gasteiger partial charge is 0.381 e. The van der Waals surface area contributed by atoms with Gasteiger partial charge in [0.1, 0.15) is 17.1 Å². The van der Waals surface area contributed by atoms with Crippen LogP contribution in [0.3, 0.4) is 0 Å². The highest BCUT2D eigenvalue weighted by molar-refractivity contribution is 7.07. The van der Waals surface area contributed by atoms with E-state index in [1.54, 1.807) is 49.8 Å². The van der Waals surface area contributed by atoms with E-state index in [4.69, 9.17) is 10.7 Å². The van der Waals surface area contributed by atoms with E-state index in [0.717, 1.165) is 0 Å². The van der Waals surface area contributed by atoms with Gasteiger partial charge in [-0.3, -0.25) is 14.2 Å². The first-order valence-corrected chi connectivity index (χ1v) is 13.1. The highest BCUT2D eigenvalue weighted by Gasteiger charge is 2.25. The Bertz CT molecular complexity index is 1880. The van der Waals surface area contributed by atoms with Gasteiger partial charge in [0.25, 0.3) is 11.5 Å². The van der Waals surface area contributed by atoms with Crippen molar-refractivity contribution in [2.75, 3.05) is 5.73 Å². The zero-order chi connectivity index (χ0) is 28.2. The summed E-state index contributed by atoms with van der Waals surface area (Å²) in [4.78, 5) is 40.8. The monoisotopic (exact) mass is 548 g/mol. The Hall–Kier alpha value is -5.34. The second-order valence-electron chi connectivity index (χ2n) is 8.69. The van der Waals surface area contributed by atoms with Gasteiger partial charge in [0, 0.05) is 24.2 Å². The number of aromatic nitrogens is 5. The van der Waals surface area contributed by atoms with Crippen LogP contribution in [0.25, 0.3) is 16.6 Å². The van der Waals surface area contributed by atoms with Gasteiger partial charge in [0.2, 0.25) is 0 Å². The molecule has 0 saturated heterocycles. The molecule has 3 heterocycles. The number of carbonyl (C=O) groups is 1. The third kappa shape index (κ3) is 5.03. The summed E-state index contributed by atoms with van der Waals surface area (Å²) in [6.45, 7) is 5.36. The number of nitrogens with one attached hydrogen (secondary N) is 1. The first-order valence-electron chi connectivity index (χ1n) is 12.2. The molecule has 5 rings (SSSR count). The van der Waals surface area contributed by atoms with Gasteiger partial charge >= 0.3 is 0 Å². The van der Waals surface area contributed by atoms with Gasteiger partial charge in [-0.25, -0.2) is 19.6 Å². The average molecular weight is 549 g/mol. The molecule has 10 nitrogen and oxygen atoms in total. The standard InChI is InChI=1S/C29H24N8O2S/c1-4-15-31-27-24(25(30)35-36(27)3)28(38)33-18(2)26-34-22-12-8-9-19(13-14-20-16-40-17-32-20)23(22)29(39)37(26)21-10-6-5-7-11-21/h4-12,15-18H,1H2,2-3H3,(H2,30,35)(H,33,38)/b31-15-. The topological polar surface area (TPSA) is 133 Å². The van der Waals surface area contributed by atoms with Crippen LogP contribution in [0, 0.1) is 11.8 Å². The van der Waals surface area contributed by atoms with Crippen LogP contribution in [0.15, 0.2) is 81.9 Å². The van der Waals surface area contributed by atoms with Gasteiger partial charge in [0.05, 0.1) is 28.1 Å². The molecule has 0 spiro atoms. The van der Waals surface area contributed by atoms with Crippen molar-refractivity contribution in [2.45, 2.75) is 13.0 Å². The summed E-state index contributed by atoms with van der Waals surface area (Å²) in [5.74, 6) is 6.21. The molecule has 1 amide bonds. The van der Waals surface area contributed by atoms with Crippen LogP contribution in [0.5, 0.6) is 0 Å². The van der Waals surface area contributed by atoms with Crippen molar-refractivity contribution in [2.24, 2.45) is 12.0 Å². The SMILES string of the molecule is C=C/C=N\c1c(C(=O)NC(C)c2nc3cccc(C#Cc4cscn4)c3c(=O)n2-c2ccccc2)c(N)nn1C. The molecule has 3 aromatic heterocycles. The summed E-state index contributed by atoms with van der Waals surface area (Å²) in [5, 5.41) is 9.25. The molecule has 0 aliphatic carbocycles. The number of aryl methyl sites for hydroxylation is 1. The molecule has 198 valence electrons. The normalized spacial score (nSPS) is 11.8. The van der Waals surface area contributed by atoms with Crippen molar-refractivity contribution in [1.29, 1.82) is 0 Å². The molecular formula is C29H24N8O2S. The van der Waals surface area contributed by atoms with Gasteiger partial charge < -0.3 is 11.1 Å². The lowest BCUT2D eigenvalue weighted by atomic mass is 10.1. The second-order valence-corrected chi connectivity index (χ2v) is 9.40. The van der Waals surface area contributed by atoms with Gasteiger partial charge in [0.15, 0.2) is 11.6 Å². The summed E-state index contributed by atoms with van der Waals surface area (Å²) in [5.41, 5.74) is 9.75. The maximum Gasteiger partial charge on any atom is 0.267 e. The van der Waals surface area contributed by atoms with Crippen LogP contribution in [-0.4, -0.2) is 36.4 Å². The van der Waals surface area contributed by atoms with Crippen LogP contribution < -0.4 is 16.6 Å². The molecule has 40 heavy (non-hydrogen) atoms. The van der Waals surface area contributed by atoms with Gasteiger partial charge in [-0.2, -0.15) is 5.10 Å². The maximum absolute atomic E-state index is 14.1. The van der Waals surface area contributed by atoms with E-state index in [1.807, 2.05) is 23.6 Å². The number of aliphatic imine (C=N–C) groups is 1. The van der Waals surface area contributed by atoms with Crippen molar-refractivity contribution >= 4 is 46.0 Å². The Morgan fingerprint density at radius 1 is 1.20 bits per heavy atom. The van der Waals surface area contributed by atoms with E-state index in [1.165, 1.54) is 32.9 Å². The second kappa shape index (κ2) is 11.2. The Kier molecular flexibility index (Phi) is 7.35. The van der Waals surface area contributed by atoms with Crippen molar-refractivity contribution in [3.05, 3.63) is 105 Å². The van der Waals surface area contributed by atoms with Crippen LogP contribution in [0.4, 0.5) is 11.6 Å². The van der Waals surface area contributed by atoms with Gasteiger partial charge in [-0.15, -0.1) is 11.3 Å². The van der Waals surface area contributed by atoms with Crippen molar-refractivity contribution in [3.8, 4) is 17.5 Å².